The van der Waals surface area contributed by atoms with Gasteiger partial charge in [0, 0.05) is 16.9 Å². The van der Waals surface area contributed by atoms with Gasteiger partial charge >= 0.3 is 0 Å². The summed E-state index contributed by atoms with van der Waals surface area (Å²) in [5.74, 6) is -0.765. The van der Waals surface area contributed by atoms with E-state index in [-0.39, 0.29) is 5.57 Å². The first-order valence-corrected chi connectivity index (χ1v) is 4.43. The molecule has 3 N–H and O–H groups in total. The molecule has 0 aliphatic rings. The molecule has 1 aromatic carbocycles. The molecule has 0 heterocycles. The lowest BCUT2D eigenvalue weighted by Gasteiger charge is -2.00. The summed E-state index contributed by atoms with van der Waals surface area (Å²) in [7, 11) is 0. The van der Waals surface area contributed by atoms with E-state index < -0.39 is 5.91 Å². The molecule has 0 aliphatic carbocycles. The lowest BCUT2D eigenvalue weighted by atomic mass is 10.3. The zero-order valence-electron chi connectivity index (χ0n) is 7.70. The van der Waals surface area contributed by atoms with E-state index >= 15 is 0 Å². The Morgan fingerprint density at radius 1 is 1.47 bits per heavy atom. The van der Waals surface area contributed by atoms with Gasteiger partial charge in [0.05, 0.1) is 0 Å². The molecule has 15 heavy (non-hydrogen) atoms. The molecule has 0 bridgehead atoms. The molecule has 1 amide bonds. The minimum absolute atomic E-state index is 0.134. The van der Waals surface area contributed by atoms with Crippen molar-refractivity contribution in [2.75, 3.05) is 5.32 Å². The number of anilines is 1. The maximum absolute atomic E-state index is 10.7. The van der Waals surface area contributed by atoms with Crippen LogP contribution in [0.2, 0.25) is 5.02 Å². The van der Waals surface area contributed by atoms with Crippen molar-refractivity contribution in [2.45, 2.75) is 0 Å². The SMILES string of the molecule is N#C/C(=C/Nc1ccc(Cl)cc1)C(N)=O. The number of halogens is 1. The van der Waals surface area contributed by atoms with E-state index in [1.54, 1.807) is 30.3 Å². The molecule has 0 spiro atoms. The number of nitrogens with two attached hydrogens (primary N) is 1. The van der Waals surface area contributed by atoms with Crippen molar-refractivity contribution in [2.24, 2.45) is 5.73 Å². The molecule has 0 radical (unpaired) electrons. The van der Waals surface area contributed by atoms with Crippen molar-refractivity contribution in [3.63, 3.8) is 0 Å². The maximum Gasteiger partial charge on any atom is 0.260 e. The topological polar surface area (TPSA) is 78.9 Å². The molecule has 0 saturated heterocycles. The molecule has 76 valence electrons. The zero-order chi connectivity index (χ0) is 11.3. The van der Waals surface area contributed by atoms with Crippen LogP contribution in [0, 0.1) is 11.3 Å². The van der Waals surface area contributed by atoms with E-state index in [1.807, 2.05) is 0 Å². The molecule has 0 aromatic heterocycles. The van der Waals surface area contributed by atoms with Gasteiger partial charge in [-0.15, -0.1) is 0 Å². The third kappa shape index (κ3) is 3.33. The summed E-state index contributed by atoms with van der Waals surface area (Å²) in [5.41, 5.74) is 5.53. The Labute approximate surface area is 91.9 Å². The van der Waals surface area contributed by atoms with Gasteiger partial charge in [0.25, 0.3) is 5.91 Å². The molecule has 0 fully saturated rings. The fourth-order valence-electron chi connectivity index (χ4n) is 0.860. The molecule has 5 heteroatoms. The van der Waals surface area contributed by atoms with E-state index in [0.29, 0.717) is 10.7 Å². The average Bonchev–Trinajstić information content (AvgIpc) is 2.21. The predicted octanol–water partition coefficient (Wildman–Crippen LogP) is 1.64. The molecule has 4 nitrogen and oxygen atoms in total. The number of benzene rings is 1. The van der Waals surface area contributed by atoms with Crippen LogP contribution in [0.3, 0.4) is 0 Å². The molecule has 0 aliphatic heterocycles. The number of carbonyl (C=O) groups excluding carboxylic acids is 1. The van der Waals surface area contributed by atoms with Crippen molar-refractivity contribution in [1.29, 1.82) is 5.26 Å². The molecule has 0 saturated carbocycles. The first kappa shape index (κ1) is 11.1. The summed E-state index contributed by atoms with van der Waals surface area (Å²) in [4.78, 5) is 10.7. The van der Waals surface area contributed by atoms with Crippen molar-refractivity contribution < 1.29 is 4.79 Å². The quantitative estimate of drug-likeness (QED) is 0.602. The van der Waals surface area contributed by atoms with E-state index in [4.69, 9.17) is 22.6 Å². The fourth-order valence-corrected chi connectivity index (χ4v) is 0.986. The second kappa shape index (κ2) is 5.03. The summed E-state index contributed by atoms with van der Waals surface area (Å²) in [5, 5.41) is 11.9. The zero-order valence-corrected chi connectivity index (χ0v) is 8.45. The van der Waals surface area contributed by atoms with Crippen LogP contribution in [0.5, 0.6) is 0 Å². The minimum Gasteiger partial charge on any atom is -0.365 e. The van der Waals surface area contributed by atoms with Crippen LogP contribution >= 0.6 is 11.6 Å². The highest BCUT2D eigenvalue weighted by Crippen LogP contribution is 2.13. The Morgan fingerprint density at radius 2 is 2.07 bits per heavy atom. The standard InChI is InChI=1S/C10H8ClN3O/c11-8-1-3-9(4-2-8)14-6-7(5-12)10(13)15/h1-4,6,14H,(H2,13,15)/b7-6-. The van der Waals surface area contributed by atoms with E-state index in [9.17, 15) is 4.79 Å². The van der Waals surface area contributed by atoms with Crippen LogP contribution in [0.15, 0.2) is 36.0 Å². The van der Waals surface area contributed by atoms with Crippen molar-refractivity contribution in [1.82, 2.24) is 0 Å². The largest absolute Gasteiger partial charge is 0.365 e. The highest BCUT2D eigenvalue weighted by atomic mass is 35.5. The normalized spacial score (nSPS) is 10.5. The Hall–Kier alpha value is -1.99. The monoisotopic (exact) mass is 221 g/mol. The summed E-state index contributed by atoms with van der Waals surface area (Å²) in [6, 6.07) is 8.49. The molecular weight excluding hydrogens is 214 g/mol. The number of nitrogens with one attached hydrogen (secondary N) is 1. The van der Waals surface area contributed by atoms with Gasteiger partial charge in [-0.2, -0.15) is 5.26 Å². The second-order valence-corrected chi connectivity index (χ2v) is 3.12. The van der Waals surface area contributed by atoms with Gasteiger partial charge in [-0.1, -0.05) is 11.6 Å². The van der Waals surface area contributed by atoms with Crippen LogP contribution in [-0.2, 0) is 4.79 Å². The number of carbonyl (C=O) groups is 1. The van der Waals surface area contributed by atoms with Gasteiger partial charge in [-0.05, 0) is 24.3 Å². The van der Waals surface area contributed by atoms with Gasteiger partial charge in [-0.25, -0.2) is 0 Å². The number of amides is 1. The first-order chi connectivity index (χ1) is 7.13. The van der Waals surface area contributed by atoms with Crippen LogP contribution in [0.1, 0.15) is 0 Å². The minimum atomic E-state index is -0.765. The van der Waals surface area contributed by atoms with Crippen molar-refractivity contribution >= 4 is 23.2 Å². The van der Waals surface area contributed by atoms with Crippen molar-refractivity contribution in [3.05, 3.63) is 41.1 Å². The van der Waals surface area contributed by atoms with Crippen LogP contribution < -0.4 is 11.1 Å². The predicted molar refractivity (Wildman–Crippen MR) is 58.0 cm³/mol. The number of nitrogens with zero attached hydrogens (tertiary/aromatic N) is 1. The average molecular weight is 222 g/mol. The Balaban J connectivity index is 2.76. The lowest BCUT2D eigenvalue weighted by Crippen LogP contribution is -2.13. The van der Waals surface area contributed by atoms with E-state index in [0.717, 1.165) is 0 Å². The van der Waals surface area contributed by atoms with Gasteiger partial charge in [0.1, 0.15) is 11.6 Å². The molecule has 0 unspecified atom stereocenters. The number of primary amides is 1. The number of hydrogen-bond donors (Lipinski definition) is 2. The third-order valence-corrected chi connectivity index (χ3v) is 1.87. The van der Waals surface area contributed by atoms with Crippen molar-refractivity contribution in [3.8, 4) is 6.07 Å². The summed E-state index contributed by atoms with van der Waals surface area (Å²) >= 11 is 5.68. The third-order valence-electron chi connectivity index (χ3n) is 1.61. The van der Waals surface area contributed by atoms with E-state index in [1.165, 1.54) is 6.20 Å². The van der Waals surface area contributed by atoms with Gasteiger partial charge < -0.3 is 11.1 Å². The molecule has 1 aromatic rings. The highest BCUT2D eigenvalue weighted by molar-refractivity contribution is 6.30. The number of nitriles is 1. The lowest BCUT2D eigenvalue weighted by molar-refractivity contribution is -0.114. The van der Waals surface area contributed by atoms with Gasteiger partial charge in [0.2, 0.25) is 0 Å². The van der Waals surface area contributed by atoms with Gasteiger partial charge in [-0.3, -0.25) is 4.79 Å². The number of hydrogen-bond acceptors (Lipinski definition) is 3. The van der Waals surface area contributed by atoms with Crippen LogP contribution in [0.25, 0.3) is 0 Å². The summed E-state index contributed by atoms with van der Waals surface area (Å²) < 4.78 is 0. The smallest absolute Gasteiger partial charge is 0.260 e. The summed E-state index contributed by atoms with van der Waals surface area (Å²) in [6.45, 7) is 0. The van der Waals surface area contributed by atoms with Gasteiger partial charge in [0.15, 0.2) is 0 Å². The van der Waals surface area contributed by atoms with E-state index in [2.05, 4.69) is 5.32 Å². The Morgan fingerprint density at radius 3 is 2.53 bits per heavy atom. The first-order valence-electron chi connectivity index (χ1n) is 4.05. The fraction of sp³-hybridized carbons (Fsp3) is 0. The molecular formula is C10H8ClN3O. The second-order valence-electron chi connectivity index (χ2n) is 2.69. The maximum atomic E-state index is 10.7. The molecule has 1 rings (SSSR count). The van der Waals surface area contributed by atoms with Crippen LogP contribution in [-0.4, -0.2) is 5.91 Å². The highest BCUT2D eigenvalue weighted by Gasteiger charge is 2.01. The molecule has 0 atom stereocenters. The summed E-state index contributed by atoms with van der Waals surface area (Å²) in [6.07, 6.45) is 1.26. The van der Waals surface area contributed by atoms with Crippen LogP contribution in [0.4, 0.5) is 5.69 Å². The number of rotatable bonds is 3. The Bertz CT molecular complexity index is 431. The Kier molecular flexibility index (Phi) is 3.72.